The van der Waals surface area contributed by atoms with Crippen LogP contribution in [0.15, 0.2) is 91.3 Å². The minimum atomic E-state index is -3.68. The van der Waals surface area contributed by atoms with E-state index in [0.717, 1.165) is 36.6 Å². The van der Waals surface area contributed by atoms with Gasteiger partial charge in [-0.1, -0.05) is 54.6 Å². The molecule has 11 nitrogen and oxygen atoms in total. The fourth-order valence-electron chi connectivity index (χ4n) is 6.04. The molecule has 0 radical (unpaired) electrons. The van der Waals surface area contributed by atoms with Crippen molar-refractivity contribution in [3.63, 3.8) is 0 Å². The Morgan fingerprint density at radius 3 is 2.36 bits per heavy atom. The molecule has 260 valence electrons. The van der Waals surface area contributed by atoms with Crippen molar-refractivity contribution in [3.05, 3.63) is 102 Å². The van der Waals surface area contributed by atoms with Gasteiger partial charge < -0.3 is 20.1 Å². The predicted octanol–water partition coefficient (Wildman–Crippen LogP) is 7.98. The lowest BCUT2D eigenvalue weighted by molar-refractivity contribution is 0.0492. The predicted molar refractivity (Wildman–Crippen MR) is 196 cm³/mol. The van der Waals surface area contributed by atoms with E-state index in [9.17, 15) is 13.2 Å². The second-order valence-corrected chi connectivity index (χ2v) is 15.2. The molecule has 12 heteroatoms. The van der Waals surface area contributed by atoms with Gasteiger partial charge in [0.1, 0.15) is 11.4 Å². The van der Waals surface area contributed by atoms with E-state index in [4.69, 9.17) is 14.5 Å². The fourth-order valence-corrected chi connectivity index (χ4v) is 7.26. The number of hydrogen-bond donors (Lipinski definition) is 3. The van der Waals surface area contributed by atoms with Gasteiger partial charge in [-0.05, 0) is 88.8 Å². The summed E-state index contributed by atoms with van der Waals surface area (Å²) in [5.74, 6) is 1.28. The summed E-state index contributed by atoms with van der Waals surface area (Å²) in [5.41, 5.74) is 2.81. The lowest BCUT2D eigenvalue weighted by Gasteiger charge is -2.30. The summed E-state index contributed by atoms with van der Waals surface area (Å²) in [5, 5.41) is 7.88. The van der Waals surface area contributed by atoms with E-state index in [-0.39, 0.29) is 23.9 Å². The van der Waals surface area contributed by atoms with Crippen LogP contribution in [0.25, 0.3) is 22.0 Å². The van der Waals surface area contributed by atoms with Gasteiger partial charge in [0, 0.05) is 35.2 Å². The monoisotopic (exact) mass is 694 g/mol. The Kier molecular flexibility index (Phi) is 10.2. The minimum Gasteiger partial charge on any atom is -0.444 e. The van der Waals surface area contributed by atoms with Crippen molar-refractivity contribution in [3.8, 4) is 22.9 Å². The Morgan fingerprint density at radius 2 is 1.60 bits per heavy atom. The molecule has 5 aromatic rings. The molecule has 1 fully saturated rings. The Hall–Kier alpha value is -5.23. The summed E-state index contributed by atoms with van der Waals surface area (Å²) in [7, 11) is -3.68. The van der Waals surface area contributed by atoms with E-state index in [0.29, 0.717) is 45.5 Å². The molecular weight excluding hydrogens is 653 g/mol. The minimum absolute atomic E-state index is 0.0633. The molecule has 0 spiro atoms. The van der Waals surface area contributed by atoms with Crippen LogP contribution in [0.4, 0.5) is 16.4 Å². The Morgan fingerprint density at radius 1 is 0.840 bits per heavy atom. The van der Waals surface area contributed by atoms with Gasteiger partial charge in [0.25, 0.3) is 0 Å². The molecule has 2 aromatic heterocycles. The molecule has 0 bridgehead atoms. The highest BCUT2D eigenvalue weighted by Crippen LogP contribution is 2.39. The number of sulfonamides is 1. The number of aryl methyl sites for hydroxylation is 1. The number of nitrogens with zero attached hydrogens (tertiary/aromatic N) is 3. The third-order valence-corrected chi connectivity index (χ3v) is 9.60. The number of alkyl carbamates (subject to hydrolysis) is 1. The summed E-state index contributed by atoms with van der Waals surface area (Å²) in [6.07, 6.45) is 6.30. The maximum absolute atomic E-state index is 13.1. The van der Waals surface area contributed by atoms with Crippen molar-refractivity contribution in [2.75, 3.05) is 10.0 Å². The van der Waals surface area contributed by atoms with E-state index in [2.05, 4.69) is 25.3 Å². The molecule has 1 saturated carbocycles. The summed E-state index contributed by atoms with van der Waals surface area (Å²) >= 11 is 0. The normalized spacial score (nSPS) is 16.4. The molecule has 0 unspecified atom stereocenters. The van der Waals surface area contributed by atoms with Crippen molar-refractivity contribution in [2.24, 2.45) is 0 Å². The Bertz CT molecular complexity index is 2080. The number of amides is 1. The zero-order valence-electron chi connectivity index (χ0n) is 28.6. The van der Waals surface area contributed by atoms with Crippen LogP contribution in [0.2, 0.25) is 0 Å². The zero-order valence-corrected chi connectivity index (χ0v) is 29.5. The van der Waals surface area contributed by atoms with Crippen LogP contribution >= 0.6 is 0 Å². The molecular formula is C38H42N6O5S. The topological polar surface area (TPSA) is 144 Å². The third-order valence-electron chi connectivity index (χ3n) is 8.36. The second-order valence-electron chi connectivity index (χ2n) is 13.5. The number of anilines is 2. The van der Waals surface area contributed by atoms with E-state index in [1.165, 1.54) is 0 Å². The first-order chi connectivity index (χ1) is 23.9. The van der Waals surface area contributed by atoms with Crippen molar-refractivity contribution in [2.45, 2.75) is 76.8 Å². The molecule has 3 aromatic carbocycles. The second kappa shape index (κ2) is 14.7. The number of hydrogen-bond acceptors (Lipinski definition) is 9. The summed E-state index contributed by atoms with van der Waals surface area (Å²) in [4.78, 5) is 26.1. The smallest absolute Gasteiger partial charge is 0.407 e. The first-order valence-electron chi connectivity index (χ1n) is 16.7. The number of fused-ring (bicyclic) bond motifs is 1. The lowest BCUT2D eigenvalue weighted by atomic mass is 9.91. The molecule has 0 saturated heterocycles. The van der Waals surface area contributed by atoms with Crippen molar-refractivity contribution < 1.29 is 22.7 Å². The number of nitrogens with one attached hydrogen (secondary N) is 3. The third kappa shape index (κ3) is 8.86. The van der Waals surface area contributed by atoms with Gasteiger partial charge in [-0.3, -0.25) is 4.72 Å². The average Bonchev–Trinajstić information content (AvgIpc) is 3.06. The fraction of sp³-hybridized carbons (Fsp3) is 0.316. The molecule has 50 heavy (non-hydrogen) atoms. The standard InChI is InChI=1S/C38H42N6O5S/c1-25-15-20-29-30(12-8-14-33(29)44-50(46,47)24-26-10-6-5-7-11-26)34(25)48-35-31(13-9-22-39-35)32-21-23-40-36(43-32)41-27-16-18-28(19-17-27)42-37(45)49-38(2,3)4/h5-15,20-23,27-28,44H,16-19,24H2,1-4H3,(H,42,45)(H,40,41,43). The van der Waals surface area contributed by atoms with Gasteiger partial charge >= 0.3 is 6.09 Å². The first kappa shape index (κ1) is 34.6. The van der Waals surface area contributed by atoms with Gasteiger partial charge in [-0.2, -0.15) is 0 Å². The SMILES string of the molecule is Cc1ccc2c(NS(=O)(=O)Cc3ccccc3)cccc2c1Oc1ncccc1-c1ccnc(NC2CCC(NC(=O)OC(C)(C)C)CC2)n1. The number of carbonyl (C=O) groups is 1. The molecule has 0 aliphatic heterocycles. The van der Waals surface area contributed by atoms with E-state index in [1.807, 2.05) is 82.3 Å². The summed E-state index contributed by atoms with van der Waals surface area (Å²) in [6, 6.07) is 24.1. The molecule has 1 aliphatic rings. The highest BCUT2D eigenvalue weighted by Gasteiger charge is 2.25. The van der Waals surface area contributed by atoms with Gasteiger partial charge in [0.05, 0.1) is 22.7 Å². The molecule has 3 N–H and O–H groups in total. The maximum Gasteiger partial charge on any atom is 0.407 e. The number of aromatic nitrogens is 3. The maximum atomic E-state index is 13.1. The van der Waals surface area contributed by atoms with E-state index >= 15 is 0 Å². The van der Waals surface area contributed by atoms with E-state index < -0.39 is 15.6 Å². The highest BCUT2D eigenvalue weighted by atomic mass is 32.2. The largest absolute Gasteiger partial charge is 0.444 e. The summed E-state index contributed by atoms with van der Waals surface area (Å²) < 4.78 is 40.9. The number of rotatable bonds is 10. The average molecular weight is 695 g/mol. The zero-order chi connectivity index (χ0) is 35.3. The molecule has 1 aliphatic carbocycles. The van der Waals surface area contributed by atoms with E-state index in [1.54, 1.807) is 36.7 Å². The Balaban J connectivity index is 1.18. The van der Waals surface area contributed by atoms with Crippen LogP contribution < -0.4 is 20.1 Å². The van der Waals surface area contributed by atoms with Gasteiger partial charge in [0.15, 0.2) is 0 Å². The molecule has 1 amide bonds. The number of benzene rings is 3. The first-order valence-corrected chi connectivity index (χ1v) is 18.4. The van der Waals surface area contributed by atoms with Crippen molar-refractivity contribution in [1.82, 2.24) is 20.3 Å². The van der Waals surface area contributed by atoms with Crippen LogP contribution in [-0.2, 0) is 20.5 Å². The van der Waals surface area contributed by atoms with Crippen LogP contribution in [0.5, 0.6) is 11.6 Å². The van der Waals surface area contributed by atoms with Gasteiger partial charge in [-0.25, -0.2) is 28.2 Å². The number of ether oxygens (including phenoxy) is 2. The molecule has 6 rings (SSSR count). The van der Waals surface area contributed by atoms with Crippen molar-refractivity contribution >= 4 is 38.5 Å². The Labute approximate surface area is 292 Å². The molecule has 0 atom stereocenters. The van der Waals surface area contributed by atoms with Crippen LogP contribution in [-0.4, -0.2) is 47.1 Å². The lowest BCUT2D eigenvalue weighted by Crippen LogP contribution is -2.42. The quantitative estimate of drug-likeness (QED) is 0.133. The highest BCUT2D eigenvalue weighted by molar-refractivity contribution is 7.91. The van der Waals surface area contributed by atoms with Crippen LogP contribution in [0.1, 0.15) is 57.6 Å². The number of carbonyl (C=O) groups excluding carboxylic acids is 1. The van der Waals surface area contributed by atoms with Gasteiger partial charge in [-0.15, -0.1) is 0 Å². The number of pyridine rings is 1. The van der Waals surface area contributed by atoms with Crippen molar-refractivity contribution in [1.29, 1.82) is 0 Å². The molecule has 2 heterocycles. The van der Waals surface area contributed by atoms with Crippen LogP contribution in [0.3, 0.4) is 0 Å². The summed E-state index contributed by atoms with van der Waals surface area (Å²) in [6.45, 7) is 7.50. The van der Waals surface area contributed by atoms with Gasteiger partial charge in [0.2, 0.25) is 21.9 Å². The van der Waals surface area contributed by atoms with Crippen LogP contribution in [0, 0.1) is 6.92 Å².